The minimum absolute atomic E-state index is 0.0271. The molecule has 0 aromatic heterocycles. The molecule has 11 unspecified atom stereocenters. The van der Waals surface area contributed by atoms with Gasteiger partial charge >= 0.3 is 5.97 Å². The quantitative estimate of drug-likeness (QED) is 0.0181. The first-order chi connectivity index (χ1) is 32.6. The van der Waals surface area contributed by atoms with Crippen LogP contribution in [0, 0.1) is 0 Å². The van der Waals surface area contributed by atoms with E-state index in [9.17, 15) is 40.5 Å². The van der Waals surface area contributed by atoms with Crippen LogP contribution in [0.5, 0.6) is 0 Å². The van der Waals surface area contributed by atoms with Crippen molar-refractivity contribution < 1.29 is 69.0 Å². The fraction of sp³-hybridized carbons (Fsp3) is 0.755. The summed E-state index contributed by atoms with van der Waals surface area (Å²) < 4.78 is 34.1. The van der Waals surface area contributed by atoms with Gasteiger partial charge in [0.05, 0.1) is 26.4 Å². The molecule has 0 bridgehead atoms. The van der Waals surface area contributed by atoms with Crippen molar-refractivity contribution in [3.05, 3.63) is 72.9 Å². The number of carbonyl (C=O) groups is 1. The summed E-state index contributed by atoms with van der Waals surface area (Å²) >= 11 is 0. The van der Waals surface area contributed by atoms with Crippen LogP contribution in [0.3, 0.4) is 0 Å². The molecule has 0 aromatic rings. The second-order valence-corrected chi connectivity index (χ2v) is 17.6. The van der Waals surface area contributed by atoms with E-state index >= 15 is 0 Å². The zero-order valence-corrected chi connectivity index (χ0v) is 40.9. The highest BCUT2D eigenvalue weighted by atomic mass is 16.7. The fourth-order valence-corrected chi connectivity index (χ4v) is 7.56. The molecule has 386 valence electrons. The number of hydrogen-bond acceptors (Lipinski definition) is 14. The van der Waals surface area contributed by atoms with E-state index in [2.05, 4.69) is 74.6 Å². The lowest BCUT2D eigenvalue weighted by molar-refractivity contribution is -0.332. The third kappa shape index (κ3) is 28.0. The van der Waals surface area contributed by atoms with Gasteiger partial charge in [0, 0.05) is 13.0 Å². The van der Waals surface area contributed by atoms with Crippen LogP contribution in [0.2, 0.25) is 0 Å². The normalized spacial score (nSPS) is 26.7. The van der Waals surface area contributed by atoms with E-state index in [0.717, 1.165) is 57.8 Å². The largest absolute Gasteiger partial charge is 0.457 e. The molecule has 7 N–H and O–H groups in total. The number of aliphatic hydroxyl groups is 7. The first-order valence-corrected chi connectivity index (χ1v) is 25.5. The van der Waals surface area contributed by atoms with Crippen molar-refractivity contribution in [3.8, 4) is 0 Å². The predicted molar refractivity (Wildman–Crippen MR) is 261 cm³/mol. The van der Waals surface area contributed by atoms with Gasteiger partial charge in [-0.1, -0.05) is 151 Å². The number of unbranched alkanes of at least 4 members (excludes halogenated alkanes) is 13. The molecule has 0 aromatic carbocycles. The standard InChI is InChI=1S/C53H90O14/c1-3-5-7-9-11-13-15-17-18-19-20-21-22-23-25-27-29-31-33-35-37-62-39-42(65-45(55)36-34-32-30-28-26-24-16-14-12-10-8-6-4-2)40-63-52-51(61)49(59)47(57)44(67-52)41-64-53-50(60)48(58)46(56)43(38-54)66-53/h6,8,11-14,17-18,24,26,30,32,42-44,46-54,56-61H,3-5,7,9-10,15-16,19-23,25,27-29,31,33-41H2,1-2H3/b8-6-,13-11-,14-12-,18-17-,26-24-,32-30-. The maximum absolute atomic E-state index is 12.9. The molecule has 2 fully saturated rings. The van der Waals surface area contributed by atoms with Crippen LogP contribution in [-0.2, 0) is 33.2 Å². The summed E-state index contributed by atoms with van der Waals surface area (Å²) in [5.74, 6) is -0.459. The second kappa shape index (κ2) is 40.2. The van der Waals surface area contributed by atoms with E-state index in [0.29, 0.717) is 13.0 Å². The third-order valence-corrected chi connectivity index (χ3v) is 11.7. The van der Waals surface area contributed by atoms with Crippen LogP contribution < -0.4 is 0 Å². The van der Waals surface area contributed by atoms with Gasteiger partial charge in [0.25, 0.3) is 0 Å². The van der Waals surface area contributed by atoms with E-state index in [-0.39, 0.29) is 19.6 Å². The fourth-order valence-electron chi connectivity index (χ4n) is 7.56. The Balaban J connectivity index is 1.78. The zero-order chi connectivity index (χ0) is 48.7. The van der Waals surface area contributed by atoms with Crippen molar-refractivity contribution >= 4 is 5.97 Å². The van der Waals surface area contributed by atoms with Gasteiger partial charge in [0.1, 0.15) is 54.9 Å². The van der Waals surface area contributed by atoms with Crippen LogP contribution in [0.4, 0.5) is 0 Å². The molecule has 2 saturated heterocycles. The number of rotatable bonds is 39. The first-order valence-electron chi connectivity index (χ1n) is 25.5. The lowest BCUT2D eigenvalue weighted by atomic mass is 9.98. The molecule has 11 atom stereocenters. The van der Waals surface area contributed by atoms with Gasteiger partial charge in [0.2, 0.25) is 0 Å². The molecule has 14 nitrogen and oxygen atoms in total. The van der Waals surface area contributed by atoms with Gasteiger partial charge in [-0.15, -0.1) is 0 Å². The van der Waals surface area contributed by atoms with Crippen molar-refractivity contribution in [2.24, 2.45) is 0 Å². The average Bonchev–Trinajstić information content (AvgIpc) is 3.32. The Bertz CT molecular complexity index is 1380. The van der Waals surface area contributed by atoms with Crippen LogP contribution >= 0.6 is 0 Å². The number of aliphatic hydroxyl groups excluding tert-OH is 7. The molecular formula is C53H90O14. The molecule has 2 aliphatic rings. The summed E-state index contributed by atoms with van der Waals surface area (Å²) in [5, 5.41) is 72.1. The number of ether oxygens (including phenoxy) is 6. The lowest BCUT2D eigenvalue weighted by Gasteiger charge is -2.42. The SMILES string of the molecule is CC/C=C\C/C=C\C/C=C\C/C=C\CCC(=O)OC(COCCCCCCCCCCCC/C=C\C/C=C\CCCCC)COC1OC(COC2OC(CO)C(O)C(O)C2O)C(O)C(O)C1O. The van der Waals surface area contributed by atoms with Gasteiger partial charge in [-0.05, 0) is 70.6 Å². The third-order valence-electron chi connectivity index (χ3n) is 11.7. The van der Waals surface area contributed by atoms with Crippen LogP contribution in [0.15, 0.2) is 72.9 Å². The molecule has 2 aliphatic heterocycles. The number of esters is 1. The van der Waals surface area contributed by atoms with E-state index in [1.165, 1.54) is 70.6 Å². The Labute approximate surface area is 402 Å². The molecule has 0 saturated carbocycles. The van der Waals surface area contributed by atoms with Crippen LogP contribution in [0.25, 0.3) is 0 Å². The monoisotopic (exact) mass is 951 g/mol. The summed E-state index contributed by atoms with van der Waals surface area (Å²) in [7, 11) is 0. The van der Waals surface area contributed by atoms with E-state index in [4.69, 9.17) is 28.4 Å². The van der Waals surface area contributed by atoms with Gasteiger partial charge in [0.15, 0.2) is 12.6 Å². The van der Waals surface area contributed by atoms with Crippen LogP contribution in [0.1, 0.15) is 155 Å². The van der Waals surface area contributed by atoms with Gasteiger partial charge in [-0.25, -0.2) is 0 Å². The van der Waals surface area contributed by atoms with Crippen molar-refractivity contribution in [2.45, 2.75) is 223 Å². The number of allylic oxidation sites excluding steroid dienone is 12. The molecule has 0 radical (unpaired) electrons. The Morgan fingerprint density at radius 2 is 0.970 bits per heavy atom. The smallest absolute Gasteiger partial charge is 0.306 e. The molecule has 0 amide bonds. The van der Waals surface area contributed by atoms with Crippen molar-refractivity contribution in [1.82, 2.24) is 0 Å². The Morgan fingerprint density at radius 1 is 0.507 bits per heavy atom. The summed E-state index contributed by atoms with van der Waals surface area (Å²) in [6.07, 6.45) is 32.7. The minimum Gasteiger partial charge on any atom is -0.457 e. The van der Waals surface area contributed by atoms with Gasteiger partial charge in [-0.2, -0.15) is 0 Å². The van der Waals surface area contributed by atoms with Crippen molar-refractivity contribution in [2.75, 3.05) is 33.0 Å². The predicted octanol–water partition coefficient (Wildman–Crippen LogP) is 7.51. The molecular weight excluding hydrogens is 861 g/mol. The van der Waals surface area contributed by atoms with Crippen molar-refractivity contribution in [1.29, 1.82) is 0 Å². The zero-order valence-electron chi connectivity index (χ0n) is 40.9. The molecule has 0 spiro atoms. The summed E-state index contributed by atoms with van der Waals surface area (Å²) in [4.78, 5) is 12.9. The molecule has 14 heteroatoms. The summed E-state index contributed by atoms with van der Waals surface area (Å²) in [6.45, 7) is 3.42. The Hall–Kier alpha value is -2.57. The maximum Gasteiger partial charge on any atom is 0.306 e. The highest BCUT2D eigenvalue weighted by molar-refractivity contribution is 5.69. The maximum atomic E-state index is 12.9. The van der Waals surface area contributed by atoms with E-state index in [1.807, 2.05) is 12.2 Å². The highest BCUT2D eigenvalue weighted by Gasteiger charge is 2.47. The van der Waals surface area contributed by atoms with Crippen molar-refractivity contribution in [3.63, 3.8) is 0 Å². The summed E-state index contributed by atoms with van der Waals surface area (Å²) in [5.41, 5.74) is 0. The number of carbonyl (C=O) groups excluding carboxylic acids is 1. The van der Waals surface area contributed by atoms with E-state index in [1.54, 1.807) is 0 Å². The Morgan fingerprint density at radius 3 is 1.52 bits per heavy atom. The average molecular weight is 951 g/mol. The van der Waals surface area contributed by atoms with Gasteiger partial charge < -0.3 is 64.2 Å². The molecule has 0 aliphatic carbocycles. The first kappa shape index (κ1) is 60.6. The molecule has 2 heterocycles. The minimum atomic E-state index is -1.72. The number of hydrogen-bond donors (Lipinski definition) is 7. The Kier molecular flexibility index (Phi) is 36.3. The highest BCUT2D eigenvalue weighted by Crippen LogP contribution is 2.26. The second-order valence-electron chi connectivity index (χ2n) is 17.6. The topological polar surface area (TPSA) is 214 Å². The lowest BCUT2D eigenvalue weighted by Crippen LogP contribution is -2.61. The van der Waals surface area contributed by atoms with E-state index < -0.39 is 86.7 Å². The molecule has 2 rings (SSSR count). The summed E-state index contributed by atoms with van der Waals surface area (Å²) in [6, 6.07) is 0. The van der Waals surface area contributed by atoms with Crippen LogP contribution in [-0.4, -0.2) is 142 Å². The van der Waals surface area contributed by atoms with Gasteiger partial charge in [-0.3, -0.25) is 4.79 Å². The molecule has 67 heavy (non-hydrogen) atoms.